The zero-order valence-corrected chi connectivity index (χ0v) is 20.6. The van der Waals surface area contributed by atoms with Crippen LogP contribution in [0, 0.1) is 0 Å². The Morgan fingerprint density at radius 3 is 2.65 bits per heavy atom. The number of aromatic nitrogens is 3. The summed E-state index contributed by atoms with van der Waals surface area (Å²) in [4.78, 5) is 19.3. The molecule has 1 amide bonds. The number of para-hydroxylation sites is 2. The molecule has 0 unspecified atom stereocenters. The summed E-state index contributed by atoms with van der Waals surface area (Å²) in [6, 6.07) is 13.0. The van der Waals surface area contributed by atoms with Crippen molar-refractivity contribution >= 4 is 23.4 Å². The second-order valence-corrected chi connectivity index (χ2v) is 8.82. The molecule has 0 bridgehead atoms. The minimum Gasteiger partial charge on any atom is -0.493 e. The van der Waals surface area contributed by atoms with Gasteiger partial charge in [0.25, 0.3) is 0 Å². The van der Waals surface area contributed by atoms with Gasteiger partial charge in [-0.3, -0.25) is 9.69 Å². The van der Waals surface area contributed by atoms with E-state index in [4.69, 9.17) is 19.2 Å². The van der Waals surface area contributed by atoms with E-state index in [2.05, 4.69) is 17.1 Å². The van der Waals surface area contributed by atoms with E-state index < -0.39 is 6.23 Å². The van der Waals surface area contributed by atoms with E-state index in [1.54, 1.807) is 36.9 Å². The zero-order valence-electron chi connectivity index (χ0n) is 19.8. The van der Waals surface area contributed by atoms with Crippen LogP contribution in [0.2, 0.25) is 0 Å². The first-order valence-corrected chi connectivity index (χ1v) is 12.2. The molecule has 1 atom stereocenters. The van der Waals surface area contributed by atoms with Crippen LogP contribution in [0.25, 0.3) is 11.3 Å². The lowest BCUT2D eigenvalue weighted by Gasteiger charge is -2.31. The van der Waals surface area contributed by atoms with Gasteiger partial charge in [-0.25, -0.2) is 0 Å². The first kappa shape index (κ1) is 23.8. The van der Waals surface area contributed by atoms with Crippen LogP contribution in [0.4, 0.5) is 5.69 Å². The quantitative estimate of drug-likeness (QED) is 0.318. The number of ether oxygens (including phenoxy) is 3. The molecule has 1 aliphatic heterocycles. The number of carbonyl (C=O) groups is 1. The third-order valence-corrected chi connectivity index (χ3v) is 6.45. The van der Waals surface area contributed by atoms with E-state index in [1.165, 1.54) is 6.92 Å². The Bertz CT molecular complexity index is 1170. The molecule has 0 saturated carbocycles. The van der Waals surface area contributed by atoms with E-state index in [-0.39, 0.29) is 5.91 Å². The summed E-state index contributed by atoms with van der Waals surface area (Å²) in [6.45, 7) is 3.67. The Morgan fingerprint density at radius 1 is 1.09 bits per heavy atom. The molecule has 0 radical (unpaired) electrons. The molecule has 9 heteroatoms. The number of methoxy groups -OCH3 is 2. The number of carbonyl (C=O) groups excluding carboxylic acids is 1. The van der Waals surface area contributed by atoms with E-state index in [0.29, 0.717) is 39.5 Å². The van der Waals surface area contributed by atoms with Gasteiger partial charge in [0.1, 0.15) is 0 Å². The Balaban J connectivity index is 1.85. The van der Waals surface area contributed by atoms with Gasteiger partial charge in [0.15, 0.2) is 17.2 Å². The van der Waals surface area contributed by atoms with Gasteiger partial charge in [-0.2, -0.15) is 4.98 Å². The maximum atomic E-state index is 13.0. The number of unbranched alkanes of at least 4 members (excludes halogenated alkanes) is 2. The van der Waals surface area contributed by atoms with Crippen molar-refractivity contribution in [1.29, 1.82) is 0 Å². The summed E-state index contributed by atoms with van der Waals surface area (Å²) >= 11 is 1.55. The summed E-state index contributed by atoms with van der Waals surface area (Å²) < 4.78 is 17.6. The first-order chi connectivity index (χ1) is 16.6. The molecule has 0 fully saturated rings. The Kier molecular flexibility index (Phi) is 7.52. The number of thioether (sulfide) groups is 1. The predicted octanol–water partition coefficient (Wildman–Crippen LogP) is 5.28. The molecule has 0 saturated heterocycles. The molecule has 2 heterocycles. The lowest BCUT2D eigenvalue weighted by molar-refractivity contribution is -0.118. The van der Waals surface area contributed by atoms with E-state index in [9.17, 15) is 4.79 Å². The fourth-order valence-corrected chi connectivity index (χ4v) is 4.72. The fourth-order valence-electron chi connectivity index (χ4n) is 3.94. The van der Waals surface area contributed by atoms with Gasteiger partial charge in [0.2, 0.25) is 23.2 Å². The average Bonchev–Trinajstić information content (AvgIpc) is 3.00. The van der Waals surface area contributed by atoms with Gasteiger partial charge in [-0.15, -0.1) is 10.2 Å². The van der Waals surface area contributed by atoms with Crippen molar-refractivity contribution in [2.24, 2.45) is 0 Å². The number of rotatable bonds is 8. The molecule has 1 aromatic heterocycles. The minimum absolute atomic E-state index is 0.197. The lowest BCUT2D eigenvalue weighted by Crippen LogP contribution is -2.36. The van der Waals surface area contributed by atoms with Crippen molar-refractivity contribution in [3.8, 4) is 28.6 Å². The standard InChI is InChI=1S/C25H28N4O4S/c1-5-6-9-15-34-25-26-23-21(27-28-25)17-11-7-8-13-19(17)29(16(2)30)24(33-23)18-12-10-14-20(31-3)22(18)32-4/h7-8,10-14,24H,5-6,9,15H2,1-4H3/t24-/m0/s1. The largest absolute Gasteiger partial charge is 0.493 e. The number of hydrogen-bond donors (Lipinski definition) is 0. The molecule has 0 spiro atoms. The second-order valence-electron chi connectivity index (χ2n) is 7.76. The summed E-state index contributed by atoms with van der Waals surface area (Å²) in [5.41, 5.74) is 2.50. The third-order valence-electron chi connectivity index (χ3n) is 5.53. The number of nitrogens with zero attached hydrogens (tertiary/aromatic N) is 4. The van der Waals surface area contributed by atoms with Crippen LogP contribution in [0.3, 0.4) is 0 Å². The van der Waals surface area contributed by atoms with Crippen LogP contribution in [0.1, 0.15) is 44.9 Å². The van der Waals surface area contributed by atoms with Gasteiger partial charge in [-0.1, -0.05) is 55.8 Å². The van der Waals surface area contributed by atoms with Crippen LogP contribution in [-0.4, -0.2) is 41.1 Å². The van der Waals surface area contributed by atoms with Crippen molar-refractivity contribution in [1.82, 2.24) is 15.2 Å². The average molecular weight is 481 g/mol. The third kappa shape index (κ3) is 4.65. The van der Waals surface area contributed by atoms with E-state index >= 15 is 0 Å². The summed E-state index contributed by atoms with van der Waals surface area (Å²) in [5, 5.41) is 9.34. The highest BCUT2D eigenvalue weighted by Crippen LogP contribution is 2.46. The monoisotopic (exact) mass is 480 g/mol. The molecule has 2 aromatic carbocycles. The molecule has 0 aliphatic carbocycles. The Hall–Kier alpha value is -3.33. The van der Waals surface area contributed by atoms with Gasteiger partial charge < -0.3 is 14.2 Å². The number of anilines is 1. The molecule has 0 N–H and O–H groups in total. The van der Waals surface area contributed by atoms with Crippen LogP contribution >= 0.6 is 11.8 Å². The molecule has 4 rings (SSSR count). The maximum absolute atomic E-state index is 13.0. The maximum Gasteiger partial charge on any atom is 0.247 e. The van der Waals surface area contributed by atoms with E-state index in [0.717, 1.165) is 30.6 Å². The first-order valence-electron chi connectivity index (χ1n) is 11.2. The van der Waals surface area contributed by atoms with Crippen molar-refractivity contribution in [2.75, 3.05) is 24.9 Å². The SMILES string of the molecule is CCCCCSc1nnc2c(n1)O[C@@H](c1cccc(OC)c1OC)N(C(C)=O)c1ccccc1-2. The Labute approximate surface area is 203 Å². The fraction of sp³-hybridized carbons (Fsp3) is 0.360. The van der Waals surface area contributed by atoms with Crippen molar-refractivity contribution < 1.29 is 19.0 Å². The minimum atomic E-state index is -0.848. The van der Waals surface area contributed by atoms with Gasteiger partial charge in [-0.05, 0) is 24.6 Å². The molecular formula is C25H28N4O4S. The van der Waals surface area contributed by atoms with Crippen LogP contribution < -0.4 is 19.1 Å². The number of benzene rings is 2. The summed E-state index contributed by atoms with van der Waals surface area (Å²) in [7, 11) is 3.13. The molecule has 1 aliphatic rings. The number of amides is 1. The van der Waals surface area contributed by atoms with Crippen LogP contribution in [0.15, 0.2) is 47.6 Å². The lowest BCUT2D eigenvalue weighted by atomic mass is 10.1. The zero-order chi connectivity index (χ0) is 24.1. The highest BCUT2D eigenvalue weighted by Gasteiger charge is 2.36. The van der Waals surface area contributed by atoms with Crippen molar-refractivity contribution in [3.63, 3.8) is 0 Å². The van der Waals surface area contributed by atoms with E-state index in [1.807, 2.05) is 36.4 Å². The van der Waals surface area contributed by atoms with Gasteiger partial charge in [0.05, 0.1) is 25.5 Å². The highest BCUT2D eigenvalue weighted by molar-refractivity contribution is 7.99. The molecule has 34 heavy (non-hydrogen) atoms. The normalized spacial score (nSPS) is 14.5. The van der Waals surface area contributed by atoms with Gasteiger partial charge in [0, 0.05) is 18.2 Å². The van der Waals surface area contributed by atoms with Crippen molar-refractivity contribution in [3.05, 3.63) is 48.0 Å². The molecule has 178 valence electrons. The smallest absolute Gasteiger partial charge is 0.247 e. The number of fused-ring (bicyclic) bond motifs is 3. The Morgan fingerprint density at radius 2 is 1.91 bits per heavy atom. The van der Waals surface area contributed by atoms with Crippen LogP contribution in [-0.2, 0) is 4.79 Å². The highest BCUT2D eigenvalue weighted by atomic mass is 32.2. The molecular weight excluding hydrogens is 452 g/mol. The van der Waals surface area contributed by atoms with Gasteiger partial charge >= 0.3 is 0 Å². The van der Waals surface area contributed by atoms with Crippen LogP contribution in [0.5, 0.6) is 17.4 Å². The molecule has 3 aromatic rings. The summed E-state index contributed by atoms with van der Waals surface area (Å²) in [6.07, 6.45) is 2.53. The van der Waals surface area contributed by atoms with Crippen molar-refractivity contribution in [2.45, 2.75) is 44.5 Å². The number of hydrogen-bond acceptors (Lipinski definition) is 8. The second kappa shape index (κ2) is 10.7. The summed E-state index contributed by atoms with van der Waals surface area (Å²) in [5.74, 6) is 2.05. The topological polar surface area (TPSA) is 86.7 Å². The molecule has 8 nitrogen and oxygen atoms in total. The predicted molar refractivity (Wildman–Crippen MR) is 132 cm³/mol.